The predicted octanol–water partition coefficient (Wildman–Crippen LogP) is 3.82. The molecule has 2 aromatic carbocycles. The first kappa shape index (κ1) is 40.1. The zero-order valence-electron chi connectivity index (χ0n) is 35.7. The molecule has 2 spiro atoms. The number of anilines is 1. The maximum Gasteiger partial charge on any atom is 0.344 e. The van der Waals surface area contributed by atoms with E-state index in [1.54, 1.807) is 7.11 Å². The van der Waals surface area contributed by atoms with E-state index < -0.39 is 62.9 Å². The lowest BCUT2D eigenvalue weighted by Gasteiger charge is -2.63. The third-order valence-corrected chi connectivity index (χ3v) is 16.2. The zero-order chi connectivity index (χ0) is 42.2. The molecule has 7 heterocycles. The standard InChI is InChI=1S/C46H58N4O9/c1-10-42-17-14-19-50-20-18-44(36(42)50)29-21-30(33(56-7)22-32(29)48(6)37(44)46(55,40(53)58-9)38(42)59-27(4)51)41(5,39(52)57-8)35-45(28-15-12-13-16-31(28)47-35)25-49-23-26(3)34(45)43(54,11-2)24-49/h12-17,21-22,26,34,36-38,54-55H,10-11,18-20,23-25H2,1-9H3/t26-,34-,36-,37+,38-,41+,42+,43-,44+,45-,46+/m0/s1. The molecule has 2 N–H and O–H groups in total. The van der Waals surface area contributed by atoms with E-state index in [2.05, 4.69) is 22.8 Å². The highest BCUT2D eigenvalue weighted by Crippen LogP contribution is 2.68. The number of carbonyl (C=O) groups excluding carboxylic acids is 3. The second-order valence-corrected chi connectivity index (χ2v) is 18.6. The summed E-state index contributed by atoms with van der Waals surface area (Å²) < 4.78 is 23.7. The van der Waals surface area contributed by atoms with Crippen molar-refractivity contribution in [3.05, 3.63) is 65.2 Å². The topological polar surface area (TPSA) is 151 Å². The Kier molecular flexibility index (Phi) is 8.91. The summed E-state index contributed by atoms with van der Waals surface area (Å²) in [7, 11) is 6.06. The summed E-state index contributed by atoms with van der Waals surface area (Å²) in [5, 5.41) is 25.9. The van der Waals surface area contributed by atoms with E-state index in [1.807, 2.05) is 75.2 Å². The number of carbonyl (C=O) groups is 3. The van der Waals surface area contributed by atoms with Crippen molar-refractivity contribution in [1.82, 2.24) is 9.80 Å². The molecule has 5 fully saturated rings. The van der Waals surface area contributed by atoms with Crippen molar-refractivity contribution in [1.29, 1.82) is 0 Å². The molecule has 316 valence electrons. The number of para-hydroxylation sites is 1. The number of piperidine rings is 3. The molecule has 2 aromatic rings. The van der Waals surface area contributed by atoms with Crippen LogP contribution < -0.4 is 9.64 Å². The molecule has 2 bridgehead atoms. The van der Waals surface area contributed by atoms with Gasteiger partial charge in [-0.15, -0.1) is 0 Å². The minimum atomic E-state index is -2.31. The number of hydrogen-bond acceptors (Lipinski definition) is 13. The highest BCUT2D eigenvalue weighted by molar-refractivity contribution is 6.20. The van der Waals surface area contributed by atoms with Gasteiger partial charge in [0.05, 0.1) is 49.8 Å². The minimum absolute atomic E-state index is 0.0744. The maximum atomic E-state index is 15.1. The molecule has 4 saturated heterocycles. The van der Waals surface area contributed by atoms with Gasteiger partial charge >= 0.3 is 17.9 Å². The average Bonchev–Trinajstić information content (AvgIpc) is 3.85. The molecular weight excluding hydrogens is 753 g/mol. The summed E-state index contributed by atoms with van der Waals surface area (Å²) in [5.74, 6) is -1.80. The van der Waals surface area contributed by atoms with E-state index in [-0.39, 0.29) is 17.9 Å². The predicted molar refractivity (Wildman–Crippen MR) is 220 cm³/mol. The number of likely N-dealkylation sites (N-methyl/N-ethyl adjacent to an activating group) is 1. The lowest BCUT2D eigenvalue weighted by Crippen LogP contribution is -2.81. The van der Waals surface area contributed by atoms with Crippen molar-refractivity contribution in [2.45, 2.75) is 99.5 Å². The van der Waals surface area contributed by atoms with Gasteiger partial charge in [0.2, 0.25) is 5.60 Å². The van der Waals surface area contributed by atoms with Crippen molar-refractivity contribution < 1.29 is 43.5 Å². The molecule has 1 aliphatic carbocycles. The first-order valence-electron chi connectivity index (χ1n) is 21.1. The quantitative estimate of drug-likeness (QED) is 0.227. The van der Waals surface area contributed by atoms with E-state index in [9.17, 15) is 19.8 Å². The maximum absolute atomic E-state index is 15.1. The van der Waals surface area contributed by atoms with Gasteiger partial charge in [0.1, 0.15) is 11.2 Å². The number of aliphatic hydroxyl groups is 2. The largest absolute Gasteiger partial charge is 0.496 e. The number of rotatable bonds is 8. The smallest absolute Gasteiger partial charge is 0.344 e. The van der Waals surface area contributed by atoms with Gasteiger partial charge in [-0.2, -0.15) is 0 Å². The number of benzene rings is 2. The Balaban J connectivity index is 1.34. The van der Waals surface area contributed by atoms with Gasteiger partial charge in [-0.25, -0.2) is 4.79 Å². The van der Waals surface area contributed by atoms with E-state index >= 15 is 4.79 Å². The van der Waals surface area contributed by atoms with Gasteiger partial charge in [0.25, 0.3) is 0 Å². The van der Waals surface area contributed by atoms with Crippen LogP contribution in [0.1, 0.15) is 70.6 Å². The molecule has 0 aromatic heterocycles. The Hall–Kier alpha value is -4.30. The summed E-state index contributed by atoms with van der Waals surface area (Å²) in [5.41, 5.74) is -3.23. The summed E-state index contributed by atoms with van der Waals surface area (Å²) >= 11 is 0. The highest BCUT2D eigenvalue weighted by Gasteiger charge is 2.80. The van der Waals surface area contributed by atoms with Crippen LogP contribution in [0, 0.1) is 17.3 Å². The fourth-order valence-corrected chi connectivity index (χ4v) is 14.5. The van der Waals surface area contributed by atoms with E-state index in [4.69, 9.17) is 23.9 Å². The Morgan fingerprint density at radius 2 is 1.75 bits per heavy atom. The fraction of sp³-hybridized carbons (Fsp3) is 0.609. The summed E-state index contributed by atoms with van der Waals surface area (Å²) in [4.78, 5) is 54.5. The van der Waals surface area contributed by atoms with Gasteiger partial charge in [-0.05, 0) is 61.9 Å². The molecule has 13 nitrogen and oxygen atoms in total. The Morgan fingerprint density at radius 3 is 2.39 bits per heavy atom. The van der Waals surface area contributed by atoms with Crippen LogP contribution in [0.2, 0.25) is 0 Å². The second kappa shape index (κ2) is 13.1. The number of aliphatic imine (C=N–C) groups is 1. The Bertz CT molecular complexity index is 2210. The normalized spacial score (nSPS) is 39.4. The summed E-state index contributed by atoms with van der Waals surface area (Å²) in [6, 6.07) is 10.7. The van der Waals surface area contributed by atoms with Gasteiger partial charge in [-0.3, -0.25) is 24.4 Å². The molecule has 12 atom stereocenters. The van der Waals surface area contributed by atoms with Crippen LogP contribution in [-0.2, 0) is 44.8 Å². The molecule has 10 rings (SSSR count). The molecule has 1 unspecified atom stereocenters. The van der Waals surface area contributed by atoms with E-state index in [0.29, 0.717) is 62.5 Å². The molecule has 0 radical (unpaired) electrons. The third kappa shape index (κ3) is 4.65. The van der Waals surface area contributed by atoms with Crippen LogP contribution in [0.4, 0.5) is 11.4 Å². The number of nitrogens with zero attached hydrogens (tertiary/aromatic N) is 4. The number of ether oxygens (including phenoxy) is 4. The molecule has 1 saturated carbocycles. The van der Waals surface area contributed by atoms with Crippen molar-refractivity contribution >= 4 is 35.0 Å². The third-order valence-electron chi connectivity index (χ3n) is 16.2. The van der Waals surface area contributed by atoms with Crippen LogP contribution in [-0.4, -0.2) is 134 Å². The van der Waals surface area contributed by atoms with Crippen LogP contribution in [0.25, 0.3) is 0 Å². The highest BCUT2D eigenvalue weighted by atomic mass is 16.6. The fourth-order valence-electron chi connectivity index (χ4n) is 14.5. The number of esters is 3. The van der Waals surface area contributed by atoms with Crippen LogP contribution in [0.15, 0.2) is 53.5 Å². The second-order valence-electron chi connectivity index (χ2n) is 18.6. The Morgan fingerprint density at radius 1 is 1.00 bits per heavy atom. The van der Waals surface area contributed by atoms with E-state index in [1.165, 1.54) is 21.1 Å². The van der Waals surface area contributed by atoms with Crippen molar-refractivity contribution in [3.8, 4) is 5.75 Å². The monoisotopic (exact) mass is 810 g/mol. The van der Waals surface area contributed by atoms with Crippen LogP contribution >= 0.6 is 0 Å². The zero-order valence-corrected chi connectivity index (χ0v) is 35.7. The average molecular weight is 811 g/mol. The minimum Gasteiger partial charge on any atom is -0.496 e. The van der Waals surface area contributed by atoms with E-state index in [0.717, 1.165) is 29.0 Å². The molecule has 0 amide bonds. The van der Waals surface area contributed by atoms with Crippen molar-refractivity contribution in [3.63, 3.8) is 0 Å². The Labute approximate surface area is 346 Å². The number of methoxy groups -OCH3 is 3. The molecular formula is C46H58N4O9. The van der Waals surface area contributed by atoms with Crippen molar-refractivity contribution in [2.75, 3.05) is 66.0 Å². The lowest BCUT2D eigenvalue weighted by molar-refractivity contribution is -0.228. The molecule has 13 heteroatoms. The molecule has 59 heavy (non-hydrogen) atoms. The first-order chi connectivity index (χ1) is 28.0. The SMILES string of the molecule is CC[C@]1(O)CN2C[C@H](C)[C@@H]1[C@@]1(C2)C([C@](C)(C(=O)OC)c2cc3c(cc2OC)N(C)[C@H]2[C@](O)(C(=O)OC)[C@@H](OC(C)=O)[C@]4(CC)C=CCN5CC[C@]32[C@@H]54)=Nc2ccccc21. The first-order valence-corrected chi connectivity index (χ1v) is 21.1. The van der Waals surface area contributed by atoms with Crippen LogP contribution in [0.5, 0.6) is 5.75 Å². The lowest BCUT2D eigenvalue weighted by atomic mass is 9.47. The van der Waals surface area contributed by atoms with Gasteiger partial charge in [0, 0.05) is 80.3 Å². The van der Waals surface area contributed by atoms with Gasteiger partial charge in [-0.1, -0.05) is 51.1 Å². The van der Waals surface area contributed by atoms with Gasteiger partial charge < -0.3 is 34.1 Å². The van der Waals surface area contributed by atoms with Crippen LogP contribution in [0.3, 0.4) is 0 Å². The number of hydrogen-bond donors (Lipinski definition) is 2. The molecule has 8 aliphatic rings. The molecule has 7 aliphatic heterocycles. The summed E-state index contributed by atoms with van der Waals surface area (Å²) in [6.45, 7) is 12.6. The van der Waals surface area contributed by atoms with Crippen molar-refractivity contribution in [2.24, 2.45) is 22.2 Å². The number of fused-ring (bicyclic) bond motifs is 4. The summed E-state index contributed by atoms with van der Waals surface area (Å²) in [6.07, 6.45) is 4.36. The van der Waals surface area contributed by atoms with Gasteiger partial charge in [0.15, 0.2) is 6.10 Å².